The molecule has 0 saturated carbocycles. The second kappa shape index (κ2) is 8.60. The van der Waals surface area contributed by atoms with Crippen LogP contribution >= 0.6 is 35.3 Å². The molecule has 0 amide bonds. The lowest BCUT2D eigenvalue weighted by Crippen LogP contribution is -1.98. The minimum Gasteiger partial charge on any atom is -0.272 e. The number of aromatic nitrogens is 4. The molecule has 0 bridgehead atoms. The Labute approximate surface area is 155 Å². The van der Waals surface area contributed by atoms with E-state index in [2.05, 4.69) is 23.3 Å². The maximum Gasteiger partial charge on any atom is 0.184 e. The maximum absolute atomic E-state index is 5.43. The molecule has 7 heteroatoms. The van der Waals surface area contributed by atoms with Gasteiger partial charge in [-0.25, -0.2) is 4.68 Å². The van der Waals surface area contributed by atoms with E-state index in [0.717, 1.165) is 32.7 Å². The first-order chi connectivity index (χ1) is 11.7. The number of unbranched alkanes of at least 4 members (excludes halogenated alkanes) is 2. The highest BCUT2D eigenvalue weighted by Gasteiger charge is 2.06. The monoisotopic (exact) mass is 376 g/mol. The van der Waals surface area contributed by atoms with Gasteiger partial charge in [0, 0.05) is 18.5 Å². The predicted molar refractivity (Wildman–Crippen MR) is 104 cm³/mol. The largest absolute Gasteiger partial charge is 0.272 e. The number of para-hydroxylation sites is 1. The average Bonchev–Trinajstić information content (AvgIpc) is 3.17. The van der Waals surface area contributed by atoms with Crippen LogP contribution in [0.4, 0.5) is 0 Å². The van der Waals surface area contributed by atoms with Crippen molar-refractivity contribution in [2.75, 3.05) is 5.75 Å². The zero-order chi connectivity index (χ0) is 16.8. The molecule has 0 aliphatic heterocycles. The molecule has 2 aromatic heterocycles. The number of hydrogen-bond acceptors (Lipinski definition) is 5. The van der Waals surface area contributed by atoms with Crippen molar-refractivity contribution in [1.82, 2.24) is 19.6 Å². The van der Waals surface area contributed by atoms with E-state index in [4.69, 9.17) is 12.2 Å². The Hall–Kier alpha value is -1.44. The topological polar surface area (TPSA) is 35.6 Å². The van der Waals surface area contributed by atoms with Gasteiger partial charge in [-0.2, -0.15) is 5.10 Å². The lowest BCUT2D eigenvalue weighted by atomic mass is 10.2. The van der Waals surface area contributed by atoms with Crippen LogP contribution in [0.3, 0.4) is 0 Å². The molecule has 0 atom stereocenters. The fourth-order valence-electron chi connectivity index (χ4n) is 2.35. The summed E-state index contributed by atoms with van der Waals surface area (Å²) >= 11 is 8.81. The van der Waals surface area contributed by atoms with Crippen LogP contribution in [0.2, 0.25) is 0 Å². The van der Waals surface area contributed by atoms with E-state index in [-0.39, 0.29) is 0 Å². The van der Waals surface area contributed by atoms with Gasteiger partial charge in [-0.05, 0) is 49.7 Å². The molecular weight excluding hydrogens is 356 g/mol. The van der Waals surface area contributed by atoms with Crippen molar-refractivity contribution in [2.45, 2.75) is 37.1 Å². The Morgan fingerprint density at radius 3 is 2.75 bits per heavy atom. The molecule has 0 radical (unpaired) electrons. The summed E-state index contributed by atoms with van der Waals surface area (Å²) in [5, 5.41) is 8.94. The van der Waals surface area contributed by atoms with Crippen molar-refractivity contribution >= 4 is 35.3 Å². The third-order valence-corrected chi connectivity index (χ3v) is 6.00. The van der Waals surface area contributed by atoms with E-state index in [1.165, 1.54) is 18.4 Å². The molecule has 24 heavy (non-hydrogen) atoms. The highest BCUT2D eigenvalue weighted by atomic mass is 32.2. The van der Waals surface area contributed by atoms with Gasteiger partial charge in [0.2, 0.25) is 0 Å². The average molecular weight is 377 g/mol. The molecule has 4 nitrogen and oxygen atoms in total. The second-order valence-corrected chi connectivity index (χ2v) is 8.54. The fourth-order valence-corrected chi connectivity index (χ4v) is 4.78. The van der Waals surface area contributed by atoms with Crippen molar-refractivity contribution in [3.05, 3.63) is 52.2 Å². The van der Waals surface area contributed by atoms with E-state index in [9.17, 15) is 0 Å². The maximum atomic E-state index is 5.43. The Morgan fingerprint density at radius 1 is 1.17 bits per heavy atom. The van der Waals surface area contributed by atoms with Gasteiger partial charge in [-0.3, -0.25) is 4.68 Å². The Morgan fingerprint density at radius 2 is 2.00 bits per heavy atom. The number of benzene rings is 1. The van der Waals surface area contributed by atoms with E-state index in [1.807, 2.05) is 45.9 Å². The van der Waals surface area contributed by atoms with Crippen molar-refractivity contribution < 1.29 is 0 Å². The summed E-state index contributed by atoms with van der Waals surface area (Å²) in [4.78, 5) is 0. The summed E-state index contributed by atoms with van der Waals surface area (Å²) in [5.41, 5.74) is 2.25. The van der Waals surface area contributed by atoms with Crippen molar-refractivity contribution in [3.63, 3.8) is 0 Å². The normalized spacial score (nSPS) is 11.0. The molecule has 0 N–H and O–H groups in total. The van der Waals surface area contributed by atoms with Gasteiger partial charge in [0.15, 0.2) is 8.29 Å². The molecular formula is C17H20N4S3. The minimum absolute atomic E-state index is 0.803. The molecule has 0 unspecified atom stereocenters. The summed E-state index contributed by atoms with van der Waals surface area (Å²) in [6, 6.07) is 10.1. The number of hydrogen-bond donors (Lipinski definition) is 0. The number of thioether (sulfide) groups is 1. The lowest BCUT2D eigenvalue weighted by Gasteiger charge is -2.01. The third-order valence-electron chi connectivity index (χ3n) is 3.55. The molecule has 126 valence electrons. The molecule has 0 aliphatic carbocycles. The summed E-state index contributed by atoms with van der Waals surface area (Å²) < 4.78 is 5.72. The van der Waals surface area contributed by atoms with Gasteiger partial charge in [0.05, 0.1) is 11.9 Å². The predicted octanol–water partition coefficient (Wildman–Crippen LogP) is 5.13. The van der Waals surface area contributed by atoms with E-state index < -0.39 is 0 Å². The first kappa shape index (κ1) is 17.4. The molecule has 0 fully saturated rings. The molecule has 0 aliphatic rings. The quantitative estimate of drug-likeness (QED) is 0.310. The Balaban J connectivity index is 1.42. The minimum atomic E-state index is 0.803. The van der Waals surface area contributed by atoms with Crippen LogP contribution in [0.25, 0.3) is 5.69 Å². The Bertz CT molecular complexity index is 820. The first-order valence-electron chi connectivity index (χ1n) is 8.00. The highest BCUT2D eigenvalue weighted by molar-refractivity contribution is 8.01. The molecule has 0 saturated heterocycles. The van der Waals surface area contributed by atoms with E-state index in [0.29, 0.717) is 0 Å². The van der Waals surface area contributed by atoms with Gasteiger partial charge in [-0.1, -0.05) is 47.7 Å². The lowest BCUT2D eigenvalue weighted by molar-refractivity contribution is 0.554. The smallest absolute Gasteiger partial charge is 0.184 e. The highest BCUT2D eigenvalue weighted by Crippen LogP contribution is 2.25. The van der Waals surface area contributed by atoms with Crippen LogP contribution in [-0.4, -0.2) is 25.3 Å². The zero-order valence-electron chi connectivity index (χ0n) is 13.6. The number of rotatable bonds is 8. The number of nitrogens with zero attached hydrogens (tertiary/aromatic N) is 4. The zero-order valence-corrected chi connectivity index (χ0v) is 16.0. The van der Waals surface area contributed by atoms with Crippen LogP contribution in [-0.2, 0) is 6.54 Å². The molecule has 1 aromatic carbocycles. The molecule has 2 heterocycles. The van der Waals surface area contributed by atoms with Crippen molar-refractivity contribution in [1.29, 1.82) is 0 Å². The van der Waals surface area contributed by atoms with Crippen molar-refractivity contribution in [2.24, 2.45) is 0 Å². The SMILES string of the molecule is Cc1cnn(CCCCCSc2nn(-c3ccccc3)c(=S)s2)c1. The van der Waals surface area contributed by atoms with Crippen LogP contribution in [0.15, 0.2) is 47.1 Å². The van der Waals surface area contributed by atoms with Crippen LogP contribution in [0.1, 0.15) is 24.8 Å². The summed E-state index contributed by atoms with van der Waals surface area (Å²) in [5.74, 6) is 1.08. The van der Waals surface area contributed by atoms with Gasteiger partial charge in [-0.15, -0.1) is 5.10 Å². The van der Waals surface area contributed by atoms with Gasteiger partial charge < -0.3 is 0 Å². The van der Waals surface area contributed by atoms with Crippen LogP contribution in [0.5, 0.6) is 0 Å². The Kier molecular flexibility index (Phi) is 6.23. The fraction of sp³-hybridized carbons (Fsp3) is 0.353. The standard InChI is InChI=1S/C17H20N4S3/c1-14-12-18-20(13-14)10-6-3-7-11-23-16-19-21(17(22)24-16)15-8-4-2-5-9-15/h2,4-5,8-9,12-13H,3,6-7,10-11H2,1H3. The molecule has 3 rings (SSSR count). The molecule has 0 spiro atoms. The summed E-state index contributed by atoms with van der Waals surface area (Å²) in [6.07, 6.45) is 7.56. The van der Waals surface area contributed by atoms with Crippen LogP contribution in [0, 0.1) is 10.9 Å². The second-order valence-electron chi connectivity index (χ2n) is 5.57. The summed E-state index contributed by atoms with van der Waals surface area (Å²) in [6.45, 7) is 3.07. The van der Waals surface area contributed by atoms with Gasteiger partial charge in [0.1, 0.15) is 0 Å². The van der Waals surface area contributed by atoms with E-state index >= 15 is 0 Å². The summed E-state index contributed by atoms with van der Waals surface area (Å²) in [7, 11) is 0. The molecule has 3 aromatic rings. The van der Waals surface area contributed by atoms with Crippen LogP contribution < -0.4 is 0 Å². The van der Waals surface area contributed by atoms with Crippen molar-refractivity contribution in [3.8, 4) is 5.69 Å². The first-order valence-corrected chi connectivity index (χ1v) is 10.2. The van der Waals surface area contributed by atoms with Gasteiger partial charge in [0.25, 0.3) is 0 Å². The van der Waals surface area contributed by atoms with Gasteiger partial charge >= 0.3 is 0 Å². The number of aryl methyl sites for hydroxylation is 2. The third kappa shape index (κ3) is 4.78. The van der Waals surface area contributed by atoms with E-state index in [1.54, 1.807) is 23.1 Å².